The molecular formula is C9H8ClN3O2. The van der Waals surface area contributed by atoms with E-state index in [4.69, 9.17) is 16.0 Å². The van der Waals surface area contributed by atoms with E-state index in [1.54, 1.807) is 24.0 Å². The topological polar surface area (TPSA) is 60.1 Å². The molecule has 0 fully saturated rings. The molecule has 2 aromatic heterocycles. The molecule has 2 aromatic rings. The summed E-state index contributed by atoms with van der Waals surface area (Å²) in [4.78, 5) is 11.6. The van der Waals surface area contributed by atoms with Gasteiger partial charge >= 0.3 is 0 Å². The van der Waals surface area contributed by atoms with Gasteiger partial charge in [-0.1, -0.05) is 0 Å². The highest BCUT2D eigenvalue weighted by atomic mass is 35.5. The van der Waals surface area contributed by atoms with Gasteiger partial charge in [0.25, 0.3) is 5.91 Å². The number of rotatable bonds is 2. The Labute approximate surface area is 90.6 Å². The van der Waals surface area contributed by atoms with E-state index in [0.717, 1.165) is 0 Å². The van der Waals surface area contributed by atoms with Gasteiger partial charge in [-0.25, -0.2) is 0 Å². The average Bonchev–Trinajstić information content (AvgIpc) is 2.75. The summed E-state index contributed by atoms with van der Waals surface area (Å²) < 4.78 is 6.40. The highest BCUT2D eigenvalue weighted by molar-refractivity contribution is 6.32. The first-order chi connectivity index (χ1) is 7.16. The van der Waals surface area contributed by atoms with Crippen LogP contribution in [0.3, 0.4) is 0 Å². The summed E-state index contributed by atoms with van der Waals surface area (Å²) in [5.41, 5.74) is 0.294. The van der Waals surface area contributed by atoms with Gasteiger partial charge in [0.15, 0.2) is 5.82 Å². The number of hydrogen-bond acceptors (Lipinski definition) is 3. The zero-order valence-electron chi connectivity index (χ0n) is 7.90. The third-order valence-electron chi connectivity index (χ3n) is 1.82. The Kier molecular flexibility index (Phi) is 2.47. The quantitative estimate of drug-likeness (QED) is 0.850. The van der Waals surface area contributed by atoms with Crippen molar-refractivity contribution < 1.29 is 9.21 Å². The minimum Gasteiger partial charge on any atom is -0.452 e. The Bertz CT molecular complexity index is 489. The van der Waals surface area contributed by atoms with E-state index < -0.39 is 0 Å². The maximum Gasteiger partial charge on any atom is 0.261 e. The fourth-order valence-corrected chi connectivity index (χ4v) is 1.32. The van der Waals surface area contributed by atoms with Crippen LogP contribution in [0.2, 0.25) is 5.22 Å². The molecule has 78 valence electrons. The first kappa shape index (κ1) is 9.79. The minimum absolute atomic E-state index is 0.0726. The number of amides is 1. The lowest BCUT2D eigenvalue weighted by Crippen LogP contribution is -2.12. The number of anilines is 1. The molecule has 5 nitrogen and oxygen atoms in total. The van der Waals surface area contributed by atoms with Crippen molar-refractivity contribution in [3.63, 3.8) is 0 Å². The predicted octanol–water partition coefficient (Wildman–Crippen LogP) is 1.92. The first-order valence-corrected chi connectivity index (χ1v) is 4.58. The molecule has 1 N–H and O–H groups in total. The molecule has 0 saturated carbocycles. The van der Waals surface area contributed by atoms with Gasteiger partial charge in [0, 0.05) is 19.3 Å². The van der Waals surface area contributed by atoms with Gasteiger partial charge in [0.2, 0.25) is 5.22 Å². The molecule has 1 amide bonds. The Morgan fingerprint density at radius 2 is 2.40 bits per heavy atom. The van der Waals surface area contributed by atoms with Gasteiger partial charge in [-0.3, -0.25) is 9.48 Å². The highest BCUT2D eigenvalue weighted by Gasteiger charge is 2.13. The molecule has 0 spiro atoms. The molecule has 15 heavy (non-hydrogen) atoms. The van der Waals surface area contributed by atoms with Crippen molar-refractivity contribution in [2.45, 2.75) is 0 Å². The lowest BCUT2D eigenvalue weighted by Gasteiger charge is -1.98. The zero-order chi connectivity index (χ0) is 10.8. The second-order valence-electron chi connectivity index (χ2n) is 2.94. The van der Waals surface area contributed by atoms with E-state index in [1.807, 2.05) is 0 Å². The highest BCUT2D eigenvalue weighted by Crippen LogP contribution is 2.17. The van der Waals surface area contributed by atoms with Gasteiger partial charge in [-0.15, -0.1) is 0 Å². The Morgan fingerprint density at radius 1 is 1.60 bits per heavy atom. The maximum absolute atomic E-state index is 11.6. The third kappa shape index (κ3) is 2.02. The van der Waals surface area contributed by atoms with Gasteiger partial charge in [0.1, 0.15) is 0 Å². The molecule has 0 aliphatic carbocycles. The number of carbonyl (C=O) groups excluding carboxylic acids is 1. The Morgan fingerprint density at radius 3 is 2.93 bits per heavy atom. The van der Waals surface area contributed by atoms with Crippen LogP contribution in [0.25, 0.3) is 0 Å². The van der Waals surface area contributed by atoms with Crippen LogP contribution in [0.15, 0.2) is 29.0 Å². The standard InChI is InChI=1S/C9H8ClN3O2/c1-13-4-2-7(12-13)11-9(14)6-3-5-15-8(6)10/h2-5H,1H3,(H,11,12,14). The normalized spacial score (nSPS) is 10.3. The van der Waals surface area contributed by atoms with E-state index >= 15 is 0 Å². The number of aryl methyl sites for hydroxylation is 1. The number of hydrogen-bond donors (Lipinski definition) is 1. The van der Waals surface area contributed by atoms with Crippen molar-refractivity contribution in [1.82, 2.24) is 9.78 Å². The Hall–Kier alpha value is -1.75. The van der Waals surface area contributed by atoms with Crippen LogP contribution in [0.4, 0.5) is 5.82 Å². The molecule has 0 unspecified atom stereocenters. The van der Waals surface area contributed by atoms with Crippen molar-refractivity contribution in [2.24, 2.45) is 7.05 Å². The second kappa shape index (κ2) is 3.78. The van der Waals surface area contributed by atoms with Crippen molar-refractivity contribution in [3.05, 3.63) is 35.4 Å². The molecular weight excluding hydrogens is 218 g/mol. The van der Waals surface area contributed by atoms with Crippen LogP contribution in [-0.2, 0) is 7.05 Å². The summed E-state index contributed by atoms with van der Waals surface area (Å²) in [7, 11) is 1.76. The summed E-state index contributed by atoms with van der Waals surface area (Å²) in [5, 5.41) is 6.66. The lowest BCUT2D eigenvalue weighted by atomic mass is 10.3. The molecule has 0 atom stereocenters. The molecule has 0 aromatic carbocycles. The number of halogens is 1. The fourth-order valence-electron chi connectivity index (χ4n) is 1.12. The van der Waals surface area contributed by atoms with Crippen molar-refractivity contribution in [3.8, 4) is 0 Å². The van der Waals surface area contributed by atoms with Crippen LogP contribution in [-0.4, -0.2) is 15.7 Å². The molecule has 2 heterocycles. The number of furan rings is 1. The Balaban J connectivity index is 2.14. The first-order valence-electron chi connectivity index (χ1n) is 4.21. The summed E-state index contributed by atoms with van der Waals surface area (Å²) >= 11 is 5.65. The molecule has 2 rings (SSSR count). The maximum atomic E-state index is 11.6. The number of aromatic nitrogens is 2. The monoisotopic (exact) mass is 225 g/mol. The number of nitrogens with zero attached hydrogens (tertiary/aromatic N) is 2. The van der Waals surface area contributed by atoms with Crippen LogP contribution >= 0.6 is 11.6 Å². The third-order valence-corrected chi connectivity index (χ3v) is 2.11. The molecule has 0 aliphatic heterocycles. The fraction of sp³-hybridized carbons (Fsp3) is 0.111. The lowest BCUT2D eigenvalue weighted by molar-refractivity contribution is 0.102. The summed E-state index contributed by atoms with van der Waals surface area (Å²) in [5.74, 6) is 0.132. The van der Waals surface area contributed by atoms with E-state index in [0.29, 0.717) is 11.4 Å². The minimum atomic E-state index is -0.340. The van der Waals surface area contributed by atoms with Gasteiger partial charge in [0.05, 0.1) is 11.8 Å². The van der Waals surface area contributed by atoms with Gasteiger partial charge in [-0.05, 0) is 17.7 Å². The van der Waals surface area contributed by atoms with Crippen molar-refractivity contribution in [1.29, 1.82) is 0 Å². The van der Waals surface area contributed by atoms with Crippen molar-refractivity contribution in [2.75, 3.05) is 5.32 Å². The average molecular weight is 226 g/mol. The molecule has 0 aliphatic rings. The molecule has 0 saturated heterocycles. The molecule has 0 radical (unpaired) electrons. The summed E-state index contributed by atoms with van der Waals surface area (Å²) in [6.07, 6.45) is 3.09. The van der Waals surface area contributed by atoms with E-state index in [-0.39, 0.29) is 11.1 Å². The largest absolute Gasteiger partial charge is 0.452 e. The van der Waals surface area contributed by atoms with E-state index in [2.05, 4.69) is 10.4 Å². The van der Waals surface area contributed by atoms with Crippen LogP contribution in [0, 0.1) is 0 Å². The number of nitrogens with one attached hydrogen (secondary N) is 1. The number of carbonyl (C=O) groups is 1. The summed E-state index contributed by atoms with van der Waals surface area (Å²) in [6.45, 7) is 0. The van der Waals surface area contributed by atoms with Crippen LogP contribution in [0.5, 0.6) is 0 Å². The smallest absolute Gasteiger partial charge is 0.261 e. The van der Waals surface area contributed by atoms with Gasteiger partial charge < -0.3 is 9.73 Å². The predicted molar refractivity (Wildman–Crippen MR) is 54.9 cm³/mol. The second-order valence-corrected chi connectivity index (χ2v) is 3.28. The van der Waals surface area contributed by atoms with Crippen molar-refractivity contribution >= 4 is 23.3 Å². The molecule has 0 bridgehead atoms. The zero-order valence-corrected chi connectivity index (χ0v) is 8.65. The van der Waals surface area contributed by atoms with Crippen LogP contribution < -0.4 is 5.32 Å². The van der Waals surface area contributed by atoms with E-state index in [9.17, 15) is 4.79 Å². The van der Waals surface area contributed by atoms with Crippen LogP contribution in [0.1, 0.15) is 10.4 Å². The molecule has 6 heteroatoms. The SMILES string of the molecule is Cn1ccc(NC(=O)c2ccoc2Cl)n1. The van der Waals surface area contributed by atoms with E-state index in [1.165, 1.54) is 12.3 Å². The van der Waals surface area contributed by atoms with Gasteiger partial charge in [-0.2, -0.15) is 5.10 Å². The summed E-state index contributed by atoms with van der Waals surface area (Å²) in [6, 6.07) is 3.19.